The monoisotopic (exact) mass is 1430 g/mol. The van der Waals surface area contributed by atoms with Crippen molar-refractivity contribution in [2.45, 2.75) is 221 Å². The molecule has 3 aliphatic rings. The molecular weight excluding hydrogens is 1320 g/mol. The van der Waals surface area contributed by atoms with Crippen molar-refractivity contribution in [3.8, 4) is 0 Å². The molecule has 0 saturated heterocycles. The van der Waals surface area contributed by atoms with E-state index in [1.54, 1.807) is 44.5 Å². The lowest BCUT2D eigenvalue weighted by Crippen LogP contribution is -2.10. The van der Waals surface area contributed by atoms with E-state index in [-0.39, 0.29) is 0 Å². The Bertz CT molecular complexity index is 4620. The quantitative estimate of drug-likeness (QED) is 0.0372. The third-order valence-electron chi connectivity index (χ3n) is 23.2. The lowest BCUT2D eigenvalue weighted by atomic mass is 9.86. The predicted octanol–water partition coefficient (Wildman–Crippen LogP) is 29.2. The highest BCUT2D eigenvalue weighted by Crippen LogP contribution is 2.39. The summed E-state index contributed by atoms with van der Waals surface area (Å²) < 4.78 is 0. The van der Waals surface area contributed by atoms with Crippen LogP contribution in [0.25, 0.3) is 0 Å². The van der Waals surface area contributed by atoms with Gasteiger partial charge in [-0.15, -0.1) is 0 Å². The number of hydrogen-bond acceptors (Lipinski definition) is 3. The van der Waals surface area contributed by atoms with Gasteiger partial charge < -0.3 is 14.7 Å². The first-order valence-corrected chi connectivity index (χ1v) is 41.9. The Morgan fingerprint density at radius 2 is 0.358 bits per heavy atom. The molecule has 12 aromatic carbocycles. The Balaban J connectivity index is 0.000000144. The van der Waals surface area contributed by atoms with Crippen molar-refractivity contribution in [3.05, 3.63) is 373 Å². The molecule has 558 valence electrons. The lowest BCUT2D eigenvalue weighted by Gasteiger charge is -2.26. The molecule has 0 atom stereocenters. The van der Waals surface area contributed by atoms with E-state index in [4.69, 9.17) is 0 Å². The zero-order valence-electron chi connectivity index (χ0n) is 66.6. The Kier molecular flexibility index (Phi) is 27.9. The van der Waals surface area contributed by atoms with E-state index in [9.17, 15) is 0 Å². The van der Waals surface area contributed by atoms with Gasteiger partial charge in [-0.3, -0.25) is 0 Å². The molecule has 15 rings (SSSR count). The second kappa shape index (κ2) is 39.4. The fourth-order valence-electron chi connectivity index (χ4n) is 15.9. The van der Waals surface area contributed by atoms with Crippen LogP contribution in [0.3, 0.4) is 0 Å². The number of rotatable bonds is 34. The summed E-state index contributed by atoms with van der Waals surface area (Å²) in [5.74, 6) is 0. The standard InChI is InChI=1S/2C36H41N.C34H37N/c1-28-14-22-34(23-15-28)37(35-24-16-29(2)17-25-35)36-13-9-12-30(27-36)10-7-5-3-4-6-8-11-31-18-19-32-20-21-33(32)26-31;1-28-11-21-34(22-12-28)37(35-23-13-29(2)14-24-35)36-25-16-30(17-26-36)9-7-5-3-4-6-8-10-31-15-18-32-19-20-33(32)27-31;1-26-9-19-32(20-10-26)35(33-21-11-27(2)12-22-33)34-23-14-28(15-24-34)7-5-3-4-6-8-29-13-16-30-17-18-31(30)25-29/h9,12-19,22-27H,3-8,10-11,20-21H2,1-2H3;11-18,21-27H,3-10,19-20H2,1-2H3;9-16,19-25H,3-8,17-18H2,1-2H3. The molecule has 0 bridgehead atoms. The first-order valence-electron chi connectivity index (χ1n) is 41.9. The molecule has 0 fully saturated rings. The van der Waals surface area contributed by atoms with Crippen LogP contribution in [-0.2, 0) is 77.0 Å². The van der Waals surface area contributed by atoms with Crippen molar-refractivity contribution >= 4 is 51.2 Å². The minimum Gasteiger partial charge on any atom is -0.311 e. The highest BCUT2D eigenvalue weighted by atomic mass is 15.2. The van der Waals surface area contributed by atoms with Crippen LogP contribution < -0.4 is 14.7 Å². The van der Waals surface area contributed by atoms with Crippen molar-refractivity contribution in [2.75, 3.05) is 14.7 Å². The maximum Gasteiger partial charge on any atom is 0.0464 e. The average Bonchev–Trinajstić information content (AvgIpc) is 0.958. The Morgan fingerprint density at radius 3 is 0.587 bits per heavy atom. The number of nitrogens with zero attached hydrogens (tertiary/aromatic N) is 3. The molecule has 0 aliphatic heterocycles. The Morgan fingerprint density at radius 1 is 0.165 bits per heavy atom. The molecule has 109 heavy (non-hydrogen) atoms. The van der Waals surface area contributed by atoms with Crippen LogP contribution in [0.1, 0.15) is 203 Å². The molecule has 0 aromatic heterocycles. The van der Waals surface area contributed by atoms with Crippen molar-refractivity contribution in [1.29, 1.82) is 0 Å². The molecule has 0 spiro atoms. The number of hydrogen-bond donors (Lipinski definition) is 0. The van der Waals surface area contributed by atoms with E-state index in [2.05, 4.69) is 329 Å². The van der Waals surface area contributed by atoms with Crippen LogP contribution in [-0.4, -0.2) is 0 Å². The molecule has 3 heteroatoms. The van der Waals surface area contributed by atoms with Gasteiger partial charge >= 0.3 is 0 Å². The predicted molar refractivity (Wildman–Crippen MR) is 469 cm³/mol. The van der Waals surface area contributed by atoms with Crippen LogP contribution in [0.4, 0.5) is 51.2 Å². The van der Waals surface area contributed by atoms with E-state index < -0.39 is 0 Å². The van der Waals surface area contributed by atoms with Crippen LogP contribution in [0.5, 0.6) is 0 Å². The fourth-order valence-corrected chi connectivity index (χ4v) is 15.9. The first kappa shape index (κ1) is 77.2. The summed E-state index contributed by atoms with van der Waals surface area (Å²) in [5, 5.41) is 0. The maximum atomic E-state index is 2.45. The number of benzene rings is 12. The van der Waals surface area contributed by atoms with Gasteiger partial charge in [-0.1, -0.05) is 261 Å². The van der Waals surface area contributed by atoms with Gasteiger partial charge in [0.15, 0.2) is 0 Å². The van der Waals surface area contributed by atoms with Crippen molar-refractivity contribution in [1.82, 2.24) is 0 Å². The zero-order valence-corrected chi connectivity index (χ0v) is 66.6. The molecule has 0 N–H and O–H groups in total. The van der Waals surface area contributed by atoms with Crippen molar-refractivity contribution < 1.29 is 0 Å². The van der Waals surface area contributed by atoms with Gasteiger partial charge in [-0.25, -0.2) is 0 Å². The van der Waals surface area contributed by atoms with E-state index in [1.807, 2.05) is 0 Å². The number of fused-ring (bicyclic) bond motifs is 3. The smallest absolute Gasteiger partial charge is 0.0464 e. The number of unbranched alkanes of at least 4 members (excludes halogenated alkanes) is 13. The summed E-state index contributed by atoms with van der Waals surface area (Å²) in [4.78, 5) is 7.07. The summed E-state index contributed by atoms with van der Waals surface area (Å²) in [6, 6.07) is 102. The molecule has 0 unspecified atom stereocenters. The van der Waals surface area contributed by atoms with Crippen LogP contribution >= 0.6 is 0 Å². The second-order valence-corrected chi connectivity index (χ2v) is 32.0. The van der Waals surface area contributed by atoms with E-state index in [0.29, 0.717) is 0 Å². The normalized spacial score (nSPS) is 12.2. The Labute approximate surface area is 656 Å². The molecular formula is C106H119N3. The van der Waals surface area contributed by atoms with Gasteiger partial charge in [0, 0.05) is 51.2 Å². The van der Waals surface area contributed by atoms with Gasteiger partial charge in [0.25, 0.3) is 0 Å². The molecule has 0 amide bonds. The second-order valence-electron chi connectivity index (χ2n) is 32.0. The fraction of sp³-hybridized carbons (Fsp3) is 0.321. The third-order valence-corrected chi connectivity index (χ3v) is 23.2. The largest absolute Gasteiger partial charge is 0.311 e. The topological polar surface area (TPSA) is 9.72 Å². The highest BCUT2D eigenvalue weighted by molar-refractivity contribution is 5.79. The van der Waals surface area contributed by atoms with Crippen molar-refractivity contribution in [2.24, 2.45) is 0 Å². The average molecular weight is 1440 g/mol. The van der Waals surface area contributed by atoms with E-state index in [0.717, 1.165) is 12.8 Å². The maximum absolute atomic E-state index is 2.45. The van der Waals surface area contributed by atoms with Crippen molar-refractivity contribution in [3.63, 3.8) is 0 Å². The van der Waals surface area contributed by atoms with Gasteiger partial charge in [0.1, 0.15) is 0 Å². The van der Waals surface area contributed by atoms with Gasteiger partial charge in [-0.05, 0) is 333 Å². The Hall–Kier alpha value is -9.96. The summed E-state index contributed by atoms with van der Waals surface area (Å²) in [6.07, 6.45) is 36.2. The minimum atomic E-state index is 1.15. The number of aryl methyl sites for hydroxylation is 18. The third kappa shape index (κ3) is 22.4. The molecule has 3 nitrogen and oxygen atoms in total. The number of anilines is 9. The van der Waals surface area contributed by atoms with Gasteiger partial charge in [-0.2, -0.15) is 0 Å². The minimum absolute atomic E-state index is 1.15. The highest BCUT2D eigenvalue weighted by Gasteiger charge is 2.19. The van der Waals surface area contributed by atoms with Crippen LogP contribution in [0, 0.1) is 41.5 Å². The molecule has 0 heterocycles. The molecule has 12 aromatic rings. The summed E-state index contributed by atoms with van der Waals surface area (Å²) >= 11 is 0. The summed E-state index contributed by atoms with van der Waals surface area (Å²) in [7, 11) is 0. The lowest BCUT2D eigenvalue weighted by molar-refractivity contribution is 0.593. The SMILES string of the molecule is Cc1ccc(N(c2ccc(C)cc2)c2ccc(CCCCCCCCc3ccc4c(c3)CC4)cc2)cc1.Cc1ccc(N(c2ccc(C)cc2)c2ccc(CCCCCCc3ccc4c(c3)CC4)cc2)cc1.Cc1ccc(N(c2ccc(C)cc2)c2cccc(CCCCCCCCc3ccc4c(c3)CC4)c2)cc1. The van der Waals surface area contributed by atoms with E-state index in [1.165, 1.54) is 274 Å². The van der Waals surface area contributed by atoms with Gasteiger partial charge in [0.2, 0.25) is 0 Å². The summed E-state index contributed by atoms with van der Waals surface area (Å²) in [5.41, 5.74) is 37.0. The van der Waals surface area contributed by atoms with Gasteiger partial charge in [0.05, 0.1) is 0 Å². The first-order chi connectivity index (χ1) is 53.5. The summed E-state index contributed by atoms with van der Waals surface area (Å²) in [6.45, 7) is 12.9. The van der Waals surface area contributed by atoms with Crippen LogP contribution in [0.2, 0.25) is 0 Å². The molecule has 0 radical (unpaired) electrons. The zero-order chi connectivity index (χ0) is 74.9. The molecule has 3 aliphatic carbocycles. The van der Waals surface area contributed by atoms with Crippen LogP contribution in [0.15, 0.2) is 273 Å². The molecule has 0 saturated carbocycles. The van der Waals surface area contributed by atoms with E-state index >= 15 is 0 Å².